The third kappa shape index (κ3) is 5.32. The molecule has 8 heteroatoms. The molecule has 2 amide bonds. The van der Waals surface area contributed by atoms with Crippen molar-refractivity contribution in [1.29, 1.82) is 0 Å². The van der Waals surface area contributed by atoms with Gasteiger partial charge in [0.05, 0.1) is 25.3 Å². The normalized spacial score (nSPS) is 21.4. The fourth-order valence-electron chi connectivity index (χ4n) is 3.92. The van der Waals surface area contributed by atoms with Gasteiger partial charge in [0.25, 0.3) is 0 Å². The number of piperidine rings is 1. The molecule has 0 aliphatic carbocycles. The van der Waals surface area contributed by atoms with Crippen molar-refractivity contribution in [2.45, 2.75) is 39.3 Å². The first-order chi connectivity index (χ1) is 13.4. The van der Waals surface area contributed by atoms with Crippen LogP contribution in [0.25, 0.3) is 0 Å². The van der Waals surface area contributed by atoms with Crippen molar-refractivity contribution in [3.8, 4) is 0 Å². The first kappa shape index (κ1) is 20.8. The van der Waals surface area contributed by atoms with Crippen molar-refractivity contribution < 1.29 is 14.3 Å². The van der Waals surface area contributed by atoms with Gasteiger partial charge in [0.15, 0.2) is 0 Å². The van der Waals surface area contributed by atoms with Crippen LogP contribution in [-0.2, 0) is 27.9 Å². The number of aryl methyl sites for hydroxylation is 1. The van der Waals surface area contributed by atoms with E-state index in [0.717, 1.165) is 38.4 Å². The molecule has 1 aromatic rings. The van der Waals surface area contributed by atoms with Crippen molar-refractivity contribution in [3.63, 3.8) is 0 Å². The minimum Gasteiger partial charge on any atom is -0.379 e. The summed E-state index contributed by atoms with van der Waals surface area (Å²) in [7, 11) is 1.88. The van der Waals surface area contributed by atoms with Gasteiger partial charge in [-0.2, -0.15) is 5.10 Å². The van der Waals surface area contributed by atoms with Gasteiger partial charge in [-0.1, -0.05) is 0 Å². The summed E-state index contributed by atoms with van der Waals surface area (Å²) in [4.78, 5) is 31.7. The predicted molar refractivity (Wildman–Crippen MR) is 105 cm³/mol. The standard InChI is InChI=1S/C20H33N5O3/c1-16(2)25(14-17-12-21-22(3)13-17)20(27)18-4-5-19(26)24(15-18)7-6-23-8-10-28-11-9-23/h12-13,16,18H,4-11,14-15H2,1-3H3/t18-/m1/s1. The average molecular weight is 392 g/mol. The molecule has 0 N–H and O–H groups in total. The Morgan fingerprint density at radius 3 is 2.71 bits per heavy atom. The lowest BCUT2D eigenvalue weighted by atomic mass is 9.95. The third-order valence-corrected chi connectivity index (χ3v) is 5.66. The van der Waals surface area contributed by atoms with Gasteiger partial charge < -0.3 is 14.5 Å². The number of hydrogen-bond acceptors (Lipinski definition) is 5. The highest BCUT2D eigenvalue weighted by atomic mass is 16.5. The highest BCUT2D eigenvalue weighted by Crippen LogP contribution is 2.22. The Kier molecular flexibility index (Phi) is 7.07. The number of aromatic nitrogens is 2. The Labute approximate surface area is 167 Å². The summed E-state index contributed by atoms with van der Waals surface area (Å²) in [6.07, 6.45) is 4.85. The molecule has 0 aromatic carbocycles. The zero-order valence-electron chi connectivity index (χ0n) is 17.3. The number of morpholine rings is 1. The molecule has 28 heavy (non-hydrogen) atoms. The summed E-state index contributed by atoms with van der Waals surface area (Å²) in [5, 5.41) is 4.20. The second kappa shape index (κ2) is 9.52. The first-order valence-corrected chi connectivity index (χ1v) is 10.3. The molecule has 2 fully saturated rings. The largest absolute Gasteiger partial charge is 0.379 e. The molecule has 0 bridgehead atoms. The van der Waals surface area contributed by atoms with Gasteiger partial charge in [-0.05, 0) is 20.3 Å². The molecule has 1 atom stereocenters. The zero-order valence-corrected chi connectivity index (χ0v) is 17.3. The van der Waals surface area contributed by atoms with Crippen LogP contribution in [0.4, 0.5) is 0 Å². The van der Waals surface area contributed by atoms with Crippen LogP contribution in [-0.4, -0.2) is 88.3 Å². The first-order valence-electron chi connectivity index (χ1n) is 10.3. The number of hydrogen-bond donors (Lipinski definition) is 0. The zero-order chi connectivity index (χ0) is 20.1. The number of likely N-dealkylation sites (tertiary alicyclic amines) is 1. The van der Waals surface area contributed by atoms with Crippen LogP contribution in [0.2, 0.25) is 0 Å². The second-order valence-electron chi connectivity index (χ2n) is 8.11. The van der Waals surface area contributed by atoms with E-state index in [2.05, 4.69) is 10.00 Å². The number of ether oxygens (including phenoxy) is 1. The fraction of sp³-hybridized carbons (Fsp3) is 0.750. The quantitative estimate of drug-likeness (QED) is 0.685. The lowest BCUT2D eigenvalue weighted by molar-refractivity contribution is -0.144. The van der Waals surface area contributed by atoms with Gasteiger partial charge in [0, 0.05) is 70.5 Å². The van der Waals surface area contributed by atoms with Crippen molar-refractivity contribution in [2.24, 2.45) is 13.0 Å². The number of carbonyl (C=O) groups is 2. The molecule has 0 spiro atoms. The molecule has 8 nitrogen and oxygen atoms in total. The SMILES string of the molecule is CC(C)N(Cc1cnn(C)c1)C(=O)[C@@H]1CCC(=O)N(CCN2CCOCC2)C1. The van der Waals surface area contributed by atoms with E-state index in [0.29, 0.717) is 32.5 Å². The maximum absolute atomic E-state index is 13.2. The van der Waals surface area contributed by atoms with Crippen LogP contribution in [0.3, 0.4) is 0 Å². The van der Waals surface area contributed by atoms with Gasteiger partial charge >= 0.3 is 0 Å². The van der Waals surface area contributed by atoms with Crippen LogP contribution in [0.5, 0.6) is 0 Å². The Morgan fingerprint density at radius 2 is 2.07 bits per heavy atom. The van der Waals surface area contributed by atoms with E-state index >= 15 is 0 Å². The Morgan fingerprint density at radius 1 is 1.32 bits per heavy atom. The van der Waals surface area contributed by atoms with E-state index < -0.39 is 0 Å². The lowest BCUT2D eigenvalue weighted by Gasteiger charge is -2.37. The molecule has 2 aliphatic heterocycles. The highest BCUT2D eigenvalue weighted by molar-refractivity contribution is 5.84. The van der Waals surface area contributed by atoms with Gasteiger partial charge in [0.1, 0.15) is 0 Å². The smallest absolute Gasteiger partial charge is 0.228 e. The molecule has 0 saturated carbocycles. The fourth-order valence-corrected chi connectivity index (χ4v) is 3.92. The van der Waals surface area contributed by atoms with E-state index in [1.165, 1.54) is 0 Å². The summed E-state index contributed by atoms with van der Waals surface area (Å²) in [6.45, 7) is 10.0. The molecule has 0 unspecified atom stereocenters. The topological polar surface area (TPSA) is 70.9 Å². The number of nitrogens with zero attached hydrogens (tertiary/aromatic N) is 5. The molecule has 156 valence electrons. The monoisotopic (exact) mass is 391 g/mol. The van der Waals surface area contributed by atoms with Crippen LogP contribution in [0, 0.1) is 5.92 Å². The van der Waals surface area contributed by atoms with Crippen molar-refractivity contribution in [1.82, 2.24) is 24.5 Å². The number of rotatable bonds is 7. The van der Waals surface area contributed by atoms with Gasteiger partial charge in [-0.15, -0.1) is 0 Å². The maximum Gasteiger partial charge on any atom is 0.228 e. The van der Waals surface area contributed by atoms with Gasteiger partial charge in [-0.25, -0.2) is 0 Å². The second-order valence-corrected chi connectivity index (χ2v) is 8.11. The maximum atomic E-state index is 13.2. The molecule has 2 aliphatic rings. The minimum absolute atomic E-state index is 0.104. The van der Waals surface area contributed by atoms with E-state index in [1.54, 1.807) is 4.68 Å². The summed E-state index contributed by atoms with van der Waals surface area (Å²) < 4.78 is 7.14. The van der Waals surface area contributed by atoms with Gasteiger partial charge in [-0.3, -0.25) is 19.2 Å². The summed E-state index contributed by atoms with van der Waals surface area (Å²) in [6, 6.07) is 0.104. The van der Waals surface area contributed by atoms with Gasteiger partial charge in [0.2, 0.25) is 11.8 Å². The molecular weight excluding hydrogens is 358 g/mol. The molecule has 3 rings (SSSR count). The number of amides is 2. The minimum atomic E-state index is -0.124. The summed E-state index contributed by atoms with van der Waals surface area (Å²) in [5.74, 6) is 0.185. The highest BCUT2D eigenvalue weighted by Gasteiger charge is 2.33. The van der Waals surface area contributed by atoms with Crippen LogP contribution >= 0.6 is 0 Å². The molecule has 3 heterocycles. The molecule has 1 aromatic heterocycles. The lowest BCUT2D eigenvalue weighted by Crippen LogP contribution is -2.50. The Hall–Kier alpha value is -1.93. The van der Waals surface area contributed by atoms with E-state index in [1.807, 2.05) is 43.1 Å². The average Bonchev–Trinajstić information content (AvgIpc) is 3.10. The third-order valence-electron chi connectivity index (χ3n) is 5.66. The molecule has 2 saturated heterocycles. The van der Waals surface area contributed by atoms with E-state index in [4.69, 9.17) is 4.74 Å². The van der Waals surface area contributed by atoms with Crippen molar-refractivity contribution >= 4 is 11.8 Å². The Balaban J connectivity index is 1.58. The van der Waals surface area contributed by atoms with Crippen LogP contribution in [0.15, 0.2) is 12.4 Å². The van der Waals surface area contributed by atoms with Crippen molar-refractivity contribution in [3.05, 3.63) is 18.0 Å². The number of carbonyl (C=O) groups excluding carboxylic acids is 2. The van der Waals surface area contributed by atoms with E-state index in [-0.39, 0.29) is 23.8 Å². The van der Waals surface area contributed by atoms with E-state index in [9.17, 15) is 9.59 Å². The Bertz CT molecular complexity index is 669. The van der Waals surface area contributed by atoms with Crippen LogP contribution in [0.1, 0.15) is 32.3 Å². The predicted octanol–water partition coefficient (Wildman–Crippen LogP) is 0.728. The molecular formula is C20H33N5O3. The van der Waals surface area contributed by atoms with Crippen LogP contribution < -0.4 is 0 Å². The van der Waals surface area contributed by atoms with Crippen molar-refractivity contribution in [2.75, 3.05) is 45.9 Å². The summed E-state index contributed by atoms with van der Waals surface area (Å²) >= 11 is 0. The summed E-state index contributed by atoms with van der Waals surface area (Å²) in [5.41, 5.74) is 1.03. The molecule has 0 radical (unpaired) electrons.